The van der Waals surface area contributed by atoms with Crippen molar-refractivity contribution in [1.29, 1.82) is 0 Å². The van der Waals surface area contributed by atoms with Crippen LogP contribution in [0.1, 0.15) is 272 Å². The molecule has 0 saturated heterocycles. The molecule has 0 N–H and O–H groups in total. The van der Waals surface area contributed by atoms with Crippen LogP contribution in [-0.4, -0.2) is 93.4 Å². The van der Waals surface area contributed by atoms with Crippen LogP contribution in [0.3, 0.4) is 0 Å². The van der Waals surface area contributed by atoms with E-state index in [0.717, 1.165) is 186 Å². The summed E-state index contributed by atoms with van der Waals surface area (Å²) in [4.78, 5) is 65.4. The van der Waals surface area contributed by atoms with Gasteiger partial charge in [0.05, 0.1) is 58.3 Å². The lowest BCUT2D eigenvalue weighted by Crippen LogP contribution is -2.20. The van der Waals surface area contributed by atoms with Gasteiger partial charge in [-0.05, 0) is 402 Å². The molecule has 0 heterocycles. The number of ether oxygens (including phenoxy) is 10. The average molecular weight is 1880 g/mol. The fourth-order valence-corrected chi connectivity index (χ4v) is 17.6. The summed E-state index contributed by atoms with van der Waals surface area (Å²) in [5.74, 6) is 3.77. The molecule has 10 aromatic carbocycles. The topological polar surface area (TPSA) is 178 Å². The summed E-state index contributed by atoms with van der Waals surface area (Å²) in [5.41, 5.74) is 9.34. The van der Waals surface area contributed by atoms with E-state index in [-0.39, 0.29) is 53.4 Å². The maximum Gasteiger partial charge on any atom is 0.343 e. The van der Waals surface area contributed by atoms with Crippen molar-refractivity contribution in [2.24, 2.45) is 0 Å². The minimum Gasteiger partial charge on any atom is -0.423 e. The molecule has 5 aliphatic rings. The van der Waals surface area contributed by atoms with E-state index in [9.17, 15) is 24.0 Å². The highest BCUT2D eigenvalue weighted by atomic mass is 32.1. The number of carbonyl (C=O) groups excluding carboxylic acids is 5. The molecule has 130 heavy (non-hydrogen) atoms. The summed E-state index contributed by atoms with van der Waals surface area (Å²) < 4.78 is 55.5. The van der Waals surface area contributed by atoms with E-state index in [1.165, 1.54) is 27.8 Å². The van der Waals surface area contributed by atoms with E-state index in [2.05, 4.69) is 158 Å². The lowest BCUT2D eigenvalue weighted by atomic mass is 9.82. The first-order valence-electron chi connectivity index (χ1n) is 44.4. The van der Waals surface area contributed by atoms with Gasteiger partial charge >= 0.3 is 29.8 Å². The van der Waals surface area contributed by atoms with Gasteiger partial charge in [-0.3, -0.25) is 23.5 Å². The second kappa shape index (κ2) is 57.9. The van der Waals surface area contributed by atoms with Crippen LogP contribution in [-0.2, 0) is 23.7 Å². The number of halogens is 5. The molecule has 0 amide bonds. The maximum absolute atomic E-state index is 12.2. The normalized spacial score (nSPS) is 19.5. The van der Waals surface area contributed by atoms with Crippen molar-refractivity contribution in [3.05, 3.63) is 298 Å². The summed E-state index contributed by atoms with van der Waals surface area (Å²) >= 11 is 21.1. The fraction of sp³-hybridized carbons (Fsp3) is 0.381. The van der Waals surface area contributed by atoms with Crippen molar-refractivity contribution in [1.82, 2.24) is 0 Å². The summed E-state index contributed by atoms with van der Waals surface area (Å²) in [6.45, 7) is 14.2. The number of thiol groups is 5. The predicted molar refractivity (Wildman–Crippen MR) is 521 cm³/mol. The number of rotatable bonds is 25. The lowest BCUT2D eigenvalue weighted by molar-refractivity contribution is 0.0326. The SMILES string of the molecule is CCOC1CCC(c2ccc(C(=O)Oc3ccc(S)cc3)cc2)CC1.CCOC1CCC(c2ccc(C(=O)Oc3ccc(S)cc3)cc2)CC1.CCOC1CCC(c2ccc(C(=O)Oc3ccc(S)cc3)cc2)CC1.CCOC1CCC(c2ccc(C(=O)Oc3ccc(S)cc3)cc2)CC1.CCOC1CCC(c2ccc(C(=O)Oc3ccc(S)cc3)cc2)CC1.F.F.F.F.F. The Morgan fingerprint density at radius 2 is 0.323 bits per heavy atom. The van der Waals surface area contributed by atoms with E-state index in [0.29, 0.717) is 117 Å². The zero-order valence-electron chi connectivity index (χ0n) is 74.4. The molecule has 15 nitrogen and oxygen atoms in total. The molecule has 5 aliphatic carbocycles. The molecule has 10 aromatic rings. The molecule has 0 spiro atoms. The third-order valence-corrected chi connectivity index (χ3v) is 25.2. The molecule has 0 atom stereocenters. The molecule has 0 unspecified atom stereocenters. The number of carbonyl (C=O) groups is 5. The predicted octanol–water partition coefficient (Wildman–Crippen LogP) is 27.0. The second-order valence-electron chi connectivity index (χ2n) is 32.2. The van der Waals surface area contributed by atoms with Crippen LogP contribution in [0.15, 0.2) is 267 Å². The van der Waals surface area contributed by atoms with Crippen LogP contribution in [0.5, 0.6) is 28.7 Å². The van der Waals surface area contributed by atoms with Crippen molar-refractivity contribution in [3.63, 3.8) is 0 Å². The van der Waals surface area contributed by atoms with E-state index in [4.69, 9.17) is 47.4 Å². The molecule has 0 aliphatic heterocycles. The third-order valence-electron chi connectivity index (χ3n) is 23.7. The van der Waals surface area contributed by atoms with Gasteiger partial charge in [0.25, 0.3) is 0 Å². The van der Waals surface area contributed by atoms with Crippen molar-refractivity contribution in [2.75, 3.05) is 33.0 Å². The van der Waals surface area contributed by atoms with Gasteiger partial charge in [0.1, 0.15) is 28.7 Å². The lowest BCUT2D eigenvalue weighted by Gasteiger charge is -2.28. The molecule has 0 bridgehead atoms. The Labute approximate surface area is 790 Å². The summed E-state index contributed by atoms with van der Waals surface area (Å²) in [5, 5.41) is 0. The molecule has 25 heteroatoms. The van der Waals surface area contributed by atoms with Gasteiger partial charge in [-0.2, -0.15) is 0 Å². The first-order chi connectivity index (χ1) is 60.8. The highest BCUT2D eigenvalue weighted by molar-refractivity contribution is 7.81. The van der Waals surface area contributed by atoms with Gasteiger partial charge in [-0.25, -0.2) is 24.0 Å². The summed E-state index contributed by atoms with van der Waals surface area (Å²) in [6.07, 6.45) is 24.7. The van der Waals surface area contributed by atoms with Crippen molar-refractivity contribution < 1.29 is 94.9 Å². The molecule has 0 radical (unpaired) electrons. The van der Waals surface area contributed by atoms with Crippen LogP contribution < -0.4 is 23.7 Å². The number of hydrogen-bond acceptors (Lipinski definition) is 20. The Balaban J connectivity index is 0.000000248. The molecule has 5 fully saturated rings. The Morgan fingerprint density at radius 3 is 0.438 bits per heavy atom. The largest absolute Gasteiger partial charge is 0.423 e. The first kappa shape index (κ1) is 110. The van der Waals surface area contributed by atoms with Crippen LogP contribution in [0.2, 0.25) is 0 Å². The minimum atomic E-state index is -0.335. The molecule has 0 aromatic heterocycles. The van der Waals surface area contributed by atoms with Crippen molar-refractivity contribution >= 4 is 93.0 Å². The highest BCUT2D eigenvalue weighted by Gasteiger charge is 2.29. The fourth-order valence-electron chi connectivity index (χ4n) is 16.9. The van der Waals surface area contributed by atoms with Crippen molar-refractivity contribution in [2.45, 2.75) is 248 Å². The van der Waals surface area contributed by atoms with E-state index >= 15 is 0 Å². The first-order valence-corrected chi connectivity index (χ1v) is 46.6. The van der Waals surface area contributed by atoms with Gasteiger partial charge in [0, 0.05) is 57.5 Å². The second-order valence-corrected chi connectivity index (χ2v) is 34.8. The highest BCUT2D eigenvalue weighted by Crippen LogP contribution is 2.40. The standard InChI is InChI=1S/5C21H24O3S.5FH/c5*1-2-23-18-9-7-16(8-10-18)15-3-5-17(6-4-15)21(22)24-19-11-13-20(25)14-12-19;;;;;/h5*3-6,11-14,16,18,25H,2,7-10H2,1H3;5*1H. The quantitative estimate of drug-likeness (QED) is 0.0158. The van der Waals surface area contributed by atoms with Crippen molar-refractivity contribution in [3.8, 4) is 28.7 Å². The van der Waals surface area contributed by atoms with Gasteiger partial charge < -0.3 is 47.4 Å². The van der Waals surface area contributed by atoms with Gasteiger partial charge in [-0.1, -0.05) is 60.7 Å². The average Bonchev–Trinajstić information content (AvgIpc) is 0.854. The number of esters is 5. The summed E-state index contributed by atoms with van der Waals surface area (Å²) in [6, 6.07) is 74.6. The zero-order chi connectivity index (χ0) is 88.2. The van der Waals surface area contributed by atoms with Gasteiger partial charge in [-0.15, -0.1) is 63.1 Å². The smallest absolute Gasteiger partial charge is 0.343 e. The minimum absolute atomic E-state index is 0. The Morgan fingerprint density at radius 1 is 0.200 bits per heavy atom. The van der Waals surface area contributed by atoms with Crippen LogP contribution in [0.25, 0.3) is 0 Å². The monoisotopic (exact) mass is 1880 g/mol. The Bertz CT molecular complexity index is 4190. The molecular formula is C105H125F5O15S5. The third kappa shape index (κ3) is 35.4. The van der Waals surface area contributed by atoms with Crippen LogP contribution >= 0.6 is 63.1 Å². The molecule has 15 rings (SSSR count). The molecular weight excluding hydrogens is 1760 g/mol. The molecule has 700 valence electrons. The zero-order valence-corrected chi connectivity index (χ0v) is 78.9. The van der Waals surface area contributed by atoms with E-state index in [1.807, 2.05) is 60.7 Å². The summed E-state index contributed by atoms with van der Waals surface area (Å²) in [7, 11) is 0. The Hall–Kier alpha value is -9.25. The Kier molecular flexibility index (Phi) is 48.8. The van der Waals surface area contributed by atoms with Crippen LogP contribution in [0, 0.1) is 0 Å². The van der Waals surface area contributed by atoms with Crippen LogP contribution in [0.4, 0.5) is 23.5 Å². The number of benzene rings is 10. The maximum atomic E-state index is 12.2. The molecule has 5 saturated carbocycles. The number of hydrogen-bond donors (Lipinski definition) is 5. The van der Waals surface area contributed by atoms with E-state index < -0.39 is 0 Å². The van der Waals surface area contributed by atoms with Gasteiger partial charge in [0.2, 0.25) is 0 Å². The van der Waals surface area contributed by atoms with E-state index in [1.54, 1.807) is 121 Å². The van der Waals surface area contributed by atoms with Gasteiger partial charge in [0.15, 0.2) is 0 Å².